The van der Waals surface area contributed by atoms with Crippen LogP contribution in [-0.4, -0.2) is 22.2 Å². The number of amides is 1. The van der Waals surface area contributed by atoms with E-state index >= 15 is 0 Å². The van der Waals surface area contributed by atoms with Crippen molar-refractivity contribution in [3.05, 3.63) is 53.2 Å². The lowest BCUT2D eigenvalue weighted by Crippen LogP contribution is -2.34. The molecule has 0 unspecified atom stereocenters. The summed E-state index contributed by atoms with van der Waals surface area (Å²) in [6.07, 6.45) is 1.71. The molecule has 1 heterocycles. The summed E-state index contributed by atoms with van der Waals surface area (Å²) in [5.74, 6) is 0.496. The van der Waals surface area contributed by atoms with Crippen molar-refractivity contribution in [2.45, 2.75) is 44.2 Å². The summed E-state index contributed by atoms with van der Waals surface area (Å²) < 4.78 is 18.0. The van der Waals surface area contributed by atoms with E-state index in [1.54, 1.807) is 13.0 Å². The van der Waals surface area contributed by atoms with Gasteiger partial charge in [0, 0.05) is 18.0 Å². The third kappa shape index (κ3) is 3.96. The van der Waals surface area contributed by atoms with E-state index in [0.29, 0.717) is 17.9 Å². The largest absolute Gasteiger partial charge is 0.388 e. The first kappa shape index (κ1) is 15.7. The highest BCUT2D eigenvalue weighted by molar-refractivity contribution is 5.92. The van der Waals surface area contributed by atoms with E-state index in [9.17, 15) is 14.3 Å². The molecule has 0 saturated heterocycles. The van der Waals surface area contributed by atoms with Crippen molar-refractivity contribution in [3.8, 4) is 0 Å². The van der Waals surface area contributed by atoms with Crippen molar-refractivity contribution in [1.82, 2.24) is 10.5 Å². The van der Waals surface area contributed by atoms with Crippen molar-refractivity contribution in [2.24, 2.45) is 0 Å². The van der Waals surface area contributed by atoms with Crippen LogP contribution in [0.15, 0.2) is 34.9 Å². The van der Waals surface area contributed by atoms with E-state index < -0.39 is 6.10 Å². The number of nitrogens with one attached hydrogen (secondary N) is 1. The Balaban J connectivity index is 1.54. The highest BCUT2D eigenvalue weighted by Gasteiger charge is 2.29. The molecule has 1 fully saturated rings. The predicted octanol–water partition coefficient (Wildman–Crippen LogP) is 2.93. The normalized spacial score (nSPS) is 16.8. The molecular formula is C17H19FN2O3. The minimum Gasteiger partial charge on any atom is -0.388 e. The van der Waals surface area contributed by atoms with E-state index in [1.165, 1.54) is 24.3 Å². The van der Waals surface area contributed by atoms with Gasteiger partial charge >= 0.3 is 0 Å². The Bertz CT molecular complexity index is 679. The third-order valence-electron chi connectivity index (χ3n) is 3.95. The standard InChI is InChI=1S/C17H19FN2O3/c1-10(8-15(21)11-4-6-13(18)7-5-11)19-17(22)14-9-16(23-20-14)12-2-3-12/h4-7,9-10,12,15,21H,2-3,8H2,1H3,(H,19,22)/t10-,15-/m0/s1. The second kappa shape index (κ2) is 6.50. The van der Waals surface area contributed by atoms with Gasteiger partial charge in [-0.2, -0.15) is 0 Å². The molecule has 2 atom stereocenters. The summed E-state index contributed by atoms with van der Waals surface area (Å²) in [4.78, 5) is 12.1. The summed E-state index contributed by atoms with van der Waals surface area (Å²) >= 11 is 0. The molecule has 3 rings (SSSR count). The monoisotopic (exact) mass is 318 g/mol. The minimum absolute atomic E-state index is 0.259. The smallest absolute Gasteiger partial charge is 0.273 e. The fourth-order valence-corrected chi connectivity index (χ4v) is 2.47. The first-order valence-corrected chi connectivity index (χ1v) is 7.74. The zero-order valence-electron chi connectivity index (χ0n) is 12.8. The number of rotatable bonds is 6. The molecule has 122 valence electrons. The van der Waals surface area contributed by atoms with E-state index in [4.69, 9.17) is 4.52 Å². The van der Waals surface area contributed by atoms with E-state index in [0.717, 1.165) is 18.6 Å². The van der Waals surface area contributed by atoms with Gasteiger partial charge in [-0.15, -0.1) is 0 Å². The molecule has 6 heteroatoms. The van der Waals surface area contributed by atoms with Crippen LogP contribution in [0.4, 0.5) is 4.39 Å². The molecule has 23 heavy (non-hydrogen) atoms. The van der Waals surface area contributed by atoms with Gasteiger partial charge in [-0.3, -0.25) is 4.79 Å². The van der Waals surface area contributed by atoms with Crippen LogP contribution in [0.5, 0.6) is 0 Å². The molecule has 0 spiro atoms. The molecule has 0 bridgehead atoms. The second-order valence-electron chi connectivity index (χ2n) is 6.07. The zero-order valence-corrected chi connectivity index (χ0v) is 12.8. The van der Waals surface area contributed by atoms with Crippen molar-refractivity contribution in [1.29, 1.82) is 0 Å². The lowest BCUT2D eigenvalue weighted by Gasteiger charge is -2.17. The Labute approximate surface area is 133 Å². The van der Waals surface area contributed by atoms with Gasteiger partial charge < -0.3 is 14.9 Å². The molecule has 1 aromatic carbocycles. The van der Waals surface area contributed by atoms with Crippen LogP contribution < -0.4 is 5.32 Å². The van der Waals surface area contributed by atoms with Crippen LogP contribution in [0, 0.1) is 5.82 Å². The number of aliphatic hydroxyl groups excluding tert-OH is 1. The number of hydrogen-bond donors (Lipinski definition) is 2. The Hall–Kier alpha value is -2.21. The molecular weight excluding hydrogens is 299 g/mol. The quantitative estimate of drug-likeness (QED) is 0.858. The molecule has 0 radical (unpaired) electrons. The second-order valence-corrected chi connectivity index (χ2v) is 6.07. The van der Waals surface area contributed by atoms with Gasteiger partial charge in [0.25, 0.3) is 5.91 Å². The summed E-state index contributed by atoms with van der Waals surface area (Å²) in [6, 6.07) is 7.09. The molecule has 2 aromatic rings. The van der Waals surface area contributed by atoms with Crippen LogP contribution in [0.1, 0.15) is 60.0 Å². The van der Waals surface area contributed by atoms with Gasteiger partial charge in [0.1, 0.15) is 11.6 Å². The number of hydrogen-bond acceptors (Lipinski definition) is 4. The highest BCUT2D eigenvalue weighted by atomic mass is 19.1. The summed E-state index contributed by atoms with van der Waals surface area (Å²) in [6.45, 7) is 1.80. The maximum atomic E-state index is 12.9. The Morgan fingerprint density at radius 3 is 2.78 bits per heavy atom. The first-order valence-electron chi connectivity index (χ1n) is 7.74. The number of benzene rings is 1. The predicted molar refractivity (Wildman–Crippen MR) is 81.4 cm³/mol. The van der Waals surface area contributed by atoms with Gasteiger partial charge in [-0.1, -0.05) is 17.3 Å². The van der Waals surface area contributed by atoms with Crippen LogP contribution in [0.3, 0.4) is 0 Å². The Kier molecular flexibility index (Phi) is 4.43. The van der Waals surface area contributed by atoms with Crippen LogP contribution in [0.2, 0.25) is 0 Å². The maximum Gasteiger partial charge on any atom is 0.273 e. The molecule has 2 N–H and O–H groups in total. The average molecular weight is 318 g/mol. The van der Waals surface area contributed by atoms with E-state index in [-0.39, 0.29) is 23.5 Å². The van der Waals surface area contributed by atoms with Crippen molar-refractivity contribution in [2.75, 3.05) is 0 Å². The van der Waals surface area contributed by atoms with Gasteiger partial charge in [0.15, 0.2) is 5.69 Å². The molecule has 1 aliphatic carbocycles. The van der Waals surface area contributed by atoms with Gasteiger partial charge in [0.2, 0.25) is 0 Å². The summed E-state index contributed by atoms with van der Waals surface area (Å²) in [5, 5.41) is 16.7. The van der Waals surface area contributed by atoms with Crippen molar-refractivity contribution < 1.29 is 18.8 Å². The Morgan fingerprint density at radius 1 is 1.43 bits per heavy atom. The number of nitrogens with zero attached hydrogens (tertiary/aromatic N) is 1. The third-order valence-corrected chi connectivity index (χ3v) is 3.95. The SMILES string of the molecule is C[C@@H](C[C@H](O)c1ccc(F)cc1)NC(=O)c1cc(C2CC2)on1. The van der Waals surface area contributed by atoms with Crippen LogP contribution in [0.25, 0.3) is 0 Å². The van der Waals surface area contributed by atoms with Gasteiger partial charge in [-0.05, 0) is 43.9 Å². The summed E-state index contributed by atoms with van der Waals surface area (Å²) in [7, 11) is 0. The lowest BCUT2D eigenvalue weighted by atomic mass is 10.0. The molecule has 5 nitrogen and oxygen atoms in total. The first-order chi connectivity index (χ1) is 11.0. The minimum atomic E-state index is -0.773. The number of halogens is 1. The van der Waals surface area contributed by atoms with Crippen LogP contribution >= 0.6 is 0 Å². The van der Waals surface area contributed by atoms with E-state index in [2.05, 4.69) is 10.5 Å². The van der Waals surface area contributed by atoms with Crippen molar-refractivity contribution >= 4 is 5.91 Å². The lowest BCUT2D eigenvalue weighted by molar-refractivity contribution is 0.0908. The average Bonchev–Trinajstić information content (AvgIpc) is 3.24. The fraction of sp³-hybridized carbons (Fsp3) is 0.412. The molecule has 1 aliphatic rings. The number of aliphatic hydroxyl groups is 1. The topological polar surface area (TPSA) is 75.4 Å². The Morgan fingerprint density at radius 2 is 2.13 bits per heavy atom. The fourth-order valence-electron chi connectivity index (χ4n) is 2.47. The molecule has 1 aromatic heterocycles. The van der Waals surface area contributed by atoms with Crippen LogP contribution in [-0.2, 0) is 0 Å². The molecule has 0 aliphatic heterocycles. The molecule has 1 amide bonds. The van der Waals surface area contributed by atoms with Crippen molar-refractivity contribution in [3.63, 3.8) is 0 Å². The van der Waals surface area contributed by atoms with Gasteiger partial charge in [0.05, 0.1) is 6.10 Å². The maximum absolute atomic E-state index is 12.9. The van der Waals surface area contributed by atoms with E-state index in [1.807, 2.05) is 0 Å². The number of aromatic nitrogens is 1. The number of carbonyl (C=O) groups excluding carboxylic acids is 1. The summed E-state index contributed by atoms with van der Waals surface area (Å²) in [5.41, 5.74) is 0.875. The highest BCUT2D eigenvalue weighted by Crippen LogP contribution is 2.40. The number of carbonyl (C=O) groups is 1. The van der Waals surface area contributed by atoms with Gasteiger partial charge in [-0.25, -0.2) is 4.39 Å². The molecule has 1 saturated carbocycles. The zero-order chi connectivity index (χ0) is 16.4.